The normalized spacial score (nSPS) is 15.9. The van der Waals surface area contributed by atoms with Crippen LogP contribution in [0.2, 0.25) is 0 Å². The molecular weight excluding hydrogens is 372 g/mol. The first-order valence-corrected chi connectivity index (χ1v) is 9.31. The van der Waals surface area contributed by atoms with Gasteiger partial charge in [0.1, 0.15) is 0 Å². The summed E-state index contributed by atoms with van der Waals surface area (Å²) in [5.74, 6) is 1.20. The fraction of sp³-hybridized carbons (Fsp3) is 0.250. The van der Waals surface area contributed by atoms with Crippen LogP contribution in [-0.4, -0.2) is 30.1 Å². The van der Waals surface area contributed by atoms with Gasteiger partial charge in [0.15, 0.2) is 5.82 Å². The maximum atomic E-state index is 12.6. The van der Waals surface area contributed by atoms with E-state index < -0.39 is 0 Å². The van der Waals surface area contributed by atoms with Gasteiger partial charge in [0.05, 0.1) is 22.4 Å². The molecule has 0 aliphatic carbocycles. The average molecular weight is 390 g/mol. The lowest BCUT2D eigenvalue weighted by molar-refractivity contribution is -0.384. The third kappa shape index (κ3) is 2.50. The molecule has 2 aromatic carbocycles. The number of aromatic nitrogens is 4. The SMILES string of the molecule is CC1Cc2cc([N+](=O)[O-])ccc2N1Cc1nnc2n(C)c(=O)c3ccccc3n12. The smallest absolute Gasteiger partial charge is 0.269 e. The maximum absolute atomic E-state index is 12.6. The molecule has 0 fully saturated rings. The molecule has 0 saturated heterocycles. The molecule has 9 nitrogen and oxygen atoms in total. The molecule has 4 aromatic rings. The number of hydrogen-bond acceptors (Lipinski definition) is 6. The summed E-state index contributed by atoms with van der Waals surface area (Å²) in [7, 11) is 1.69. The van der Waals surface area contributed by atoms with E-state index in [4.69, 9.17) is 0 Å². The fourth-order valence-corrected chi connectivity index (χ4v) is 4.18. The summed E-state index contributed by atoms with van der Waals surface area (Å²) in [5, 5.41) is 20.3. The monoisotopic (exact) mass is 390 g/mol. The van der Waals surface area contributed by atoms with Gasteiger partial charge in [-0.2, -0.15) is 0 Å². The third-order valence-electron chi connectivity index (χ3n) is 5.64. The number of anilines is 1. The molecule has 1 atom stereocenters. The van der Waals surface area contributed by atoms with Gasteiger partial charge in [0.25, 0.3) is 11.2 Å². The van der Waals surface area contributed by atoms with Crippen molar-refractivity contribution in [2.75, 3.05) is 4.90 Å². The standard InChI is InChI=1S/C20H18N6O3/c1-12-9-13-10-14(26(28)29)7-8-16(13)24(12)11-18-21-22-20-23(2)19(27)15-5-3-4-6-17(15)25(18)20/h3-8,10,12H,9,11H2,1-2H3. The molecule has 1 aliphatic rings. The molecule has 29 heavy (non-hydrogen) atoms. The van der Waals surface area contributed by atoms with Crippen LogP contribution in [0.3, 0.4) is 0 Å². The number of nitro groups is 1. The van der Waals surface area contributed by atoms with Crippen molar-refractivity contribution in [3.63, 3.8) is 0 Å². The molecule has 0 bridgehead atoms. The van der Waals surface area contributed by atoms with Gasteiger partial charge in [-0.05, 0) is 37.1 Å². The molecule has 0 spiro atoms. The maximum Gasteiger partial charge on any atom is 0.269 e. The highest BCUT2D eigenvalue weighted by atomic mass is 16.6. The van der Waals surface area contributed by atoms with Gasteiger partial charge in [-0.3, -0.25) is 23.9 Å². The van der Waals surface area contributed by atoms with E-state index in [2.05, 4.69) is 22.0 Å². The van der Waals surface area contributed by atoms with Crippen LogP contribution in [-0.2, 0) is 20.0 Å². The van der Waals surface area contributed by atoms with Gasteiger partial charge < -0.3 is 4.90 Å². The molecule has 0 N–H and O–H groups in total. The Balaban J connectivity index is 1.64. The van der Waals surface area contributed by atoms with Crippen molar-refractivity contribution in [3.05, 3.63) is 74.3 Å². The molecule has 1 unspecified atom stereocenters. The molecule has 2 aromatic heterocycles. The Hall–Kier alpha value is -3.75. The topological polar surface area (TPSA) is 98.6 Å². The summed E-state index contributed by atoms with van der Waals surface area (Å²) in [6, 6.07) is 12.6. The minimum absolute atomic E-state index is 0.103. The van der Waals surface area contributed by atoms with Crippen molar-refractivity contribution in [3.8, 4) is 0 Å². The highest BCUT2D eigenvalue weighted by Gasteiger charge is 2.29. The first kappa shape index (κ1) is 17.4. The number of benzene rings is 2. The minimum atomic E-state index is -0.369. The van der Waals surface area contributed by atoms with Gasteiger partial charge in [0.2, 0.25) is 5.78 Å². The first-order valence-electron chi connectivity index (χ1n) is 9.31. The van der Waals surface area contributed by atoms with E-state index in [1.165, 1.54) is 10.6 Å². The Morgan fingerprint density at radius 1 is 1.21 bits per heavy atom. The summed E-state index contributed by atoms with van der Waals surface area (Å²) in [6.45, 7) is 2.57. The van der Waals surface area contributed by atoms with E-state index in [-0.39, 0.29) is 22.2 Å². The fourth-order valence-electron chi connectivity index (χ4n) is 4.18. The van der Waals surface area contributed by atoms with E-state index in [9.17, 15) is 14.9 Å². The van der Waals surface area contributed by atoms with Gasteiger partial charge in [-0.1, -0.05) is 12.1 Å². The molecule has 1 aliphatic heterocycles. The summed E-state index contributed by atoms with van der Waals surface area (Å²) < 4.78 is 3.41. The van der Waals surface area contributed by atoms with Crippen LogP contribution >= 0.6 is 0 Å². The highest BCUT2D eigenvalue weighted by molar-refractivity contribution is 5.80. The van der Waals surface area contributed by atoms with E-state index >= 15 is 0 Å². The lowest BCUT2D eigenvalue weighted by Crippen LogP contribution is -2.30. The summed E-state index contributed by atoms with van der Waals surface area (Å²) in [6.07, 6.45) is 0.729. The van der Waals surface area contributed by atoms with Crippen molar-refractivity contribution in [1.29, 1.82) is 0 Å². The second-order valence-electron chi connectivity index (χ2n) is 7.38. The van der Waals surface area contributed by atoms with E-state index in [1.54, 1.807) is 25.2 Å². The minimum Gasteiger partial charge on any atom is -0.361 e. The molecule has 0 radical (unpaired) electrons. The second kappa shape index (κ2) is 6.13. The van der Waals surface area contributed by atoms with E-state index in [1.807, 2.05) is 22.6 Å². The third-order valence-corrected chi connectivity index (χ3v) is 5.64. The van der Waals surface area contributed by atoms with Gasteiger partial charge >= 0.3 is 0 Å². The Morgan fingerprint density at radius 3 is 2.79 bits per heavy atom. The quantitative estimate of drug-likeness (QED) is 0.394. The van der Waals surface area contributed by atoms with Crippen molar-refractivity contribution >= 4 is 28.1 Å². The zero-order chi connectivity index (χ0) is 20.3. The molecular formula is C20H18N6O3. The zero-order valence-electron chi connectivity index (χ0n) is 15.9. The van der Waals surface area contributed by atoms with Crippen LogP contribution in [0.15, 0.2) is 47.3 Å². The predicted octanol–water partition coefficient (Wildman–Crippen LogP) is 2.44. The van der Waals surface area contributed by atoms with Crippen LogP contribution in [0.4, 0.5) is 11.4 Å². The van der Waals surface area contributed by atoms with Crippen LogP contribution in [0.25, 0.3) is 16.7 Å². The number of hydrogen-bond donors (Lipinski definition) is 0. The van der Waals surface area contributed by atoms with Crippen LogP contribution < -0.4 is 10.5 Å². The number of aryl methyl sites for hydroxylation is 1. The average Bonchev–Trinajstić information content (AvgIpc) is 3.27. The lowest BCUT2D eigenvalue weighted by Gasteiger charge is -2.24. The predicted molar refractivity (Wildman–Crippen MR) is 108 cm³/mol. The highest BCUT2D eigenvalue weighted by Crippen LogP contribution is 2.35. The zero-order valence-corrected chi connectivity index (χ0v) is 15.9. The number of nitrogens with zero attached hydrogens (tertiary/aromatic N) is 6. The van der Waals surface area contributed by atoms with E-state index in [0.29, 0.717) is 23.5 Å². The number of rotatable bonds is 3. The van der Waals surface area contributed by atoms with Crippen LogP contribution in [0, 0.1) is 10.1 Å². The van der Waals surface area contributed by atoms with Gasteiger partial charge in [0, 0.05) is 30.9 Å². The Labute approximate surface area is 165 Å². The summed E-state index contributed by atoms with van der Waals surface area (Å²) in [4.78, 5) is 25.5. The Bertz CT molecular complexity index is 1360. The van der Waals surface area contributed by atoms with Crippen molar-refractivity contribution < 1.29 is 4.92 Å². The van der Waals surface area contributed by atoms with E-state index in [0.717, 1.165) is 23.2 Å². The molecule has 146 valence electrons. The molecule has 9 heteroatoms. The molecule has 5 rings (SSSR count). The number of nitro benzene ring substituents is 1. The first-order chi connectivity index (χ1) is 14.0. The molecule has 0 saturated carbocycles. The summed E-state index contributed by atoms with van der Waals surface area (Å²) >= 11 is 0. The molecule has 3 heterocycles. The van der Waals surface area contributed by atoms with Crippen molar-refractivity contribution in [2.45, 2.75) is 25.9 Å². The summed E-state index contributed by atoms with van der Waals surface area (Å²) in [5.41, 5.74) is 2.68. The van der Waals surface area contributed by atoms with Gasteiger partial charge in [-0.15, -0.1) is 10.2 Å². The van der Waals surface area contributed by atoms with Crippen LogP contribution in [0.1, 0.15) is 18.3 Å². The Morgan fingerprint density at radius 2 is 2.00 bits per heavy atom. The van der Waals surface area contributed by atoms with Crippen molar-refractivity contribution in [2.24, 2.45) is 7.05 Å². The van der Waals surface area contributed by atoms with Gasteiger partial charge in [-0.25, -0.2) is 0 Å². The number of fused-ring (bicyclic) bond motifs is 4. The number of non-ortho nitro benzene ring substituents is 1. The Kier molecular flexibility index (Phi) is 3.67. The second-order valence-corrected chi connectivity index (χ2v) is 7.38. The van der Waals surface area contributed by atoms with Crippen LogP contribution in [0.5, 0.6) is 0 Å². The molecule has 0 amide bonds. The number of para-hydroxylation sites is 1. The largest absolute Gasteiger partial charge is 0.361 e. The lowest BCUT2D eigenvalue weighted by atomic mass is 10.1. The van der Waals surface area contributed by atoms with Crippen molar-refractivity contribution in [1.82, 2.24) is 19.2 Å².